The van der Waals surface area contributed by atoms with Gasteiger partial charge in [0.15, 0.2) is 18.1 Å². The van der Waals surface area contributed by atoms with Crippen LogP contribution in [0.2, 0.25) is 0 Å². The van der Waals surface area contributed by atoms with Gasteiger partial charge >= 0.3 is 0 Å². The second-order valence-electron chi connectivity index (χ2n) is 4.35. The third kappa shape index (κ3) is 2.17. The summed E-state index contributed by atoms with van der Waals surface area (Å²) < 4.78 is 0. The van der Waals surface area contributed by atoms with Crippen LogP contribution >= 0.6 is 0 Å². The van der Waals surface area contributed by atoms with Crippen LogP contribution in [-0.2, 0) is 0 Å². The highest BCUT2D eigenvalue weighted by atomic mass is 16.3. The van der Waals surface area contributed by atoms with Gasteiger partial charge in [0.1, 0.15) is 0 Å². The van der Waals surface area contributed by atoms with Gasteiger partial charge in [-0.1, -0.05) is 13.5 Å². The Morgan fingerprint density at radius 3 is 3.00 bits per heavy atom. The zero-order chi connectivity index (χ0) is 12.4. The Morgan fingerprint density at radius 2 is 2.35 bits per heavy atom. The van der Waals surface area contributed by atoms with Crippen molar-refractivity contribution in [1.29, 1.82) is 0 Å². The average molecular weight is 231 g/mol. The van der Waals surface area contributed by atoms with E-state index in [1.165, 1.54) is 0 Å². The number of nitrogens with one attached hydrogen (secondary N) is 1. The van der Waals surface area contributed by atoms with Gasteiger partial charge in [0.05, 0.1) is 6.10 Å². The molecule has 4 heteroatoms. The summed E-state index contributed by atoms with van der Waals surface area (Å²) in [6.45, 7) is 5.88. The van der Waals surface area contributed by atoms with Gasteiger partial charge in [-0.25, -0.2) is 4.98 Å². The van der Waals surface area contributed by atoms with Crippen molar-refractivity contribution in [3.8, 4) is 0 Å². The minimum Gasteiger partial charge on any atom is -0.385 e. The molecule has 0 radical (unpaired) electrons. The van der Waals surface area contributed by atoms with Crippen molar-refractivity contribution in [3.63, 3.8) is 0 Å². The molecular weight excluding hydrogens is 216 g/mol. The lowest BCUT2D eigenvalue weighted by molar-refractivity contribution is -0.377. The number of aromatic nitrogens is 1. The molecule has 1 aromatic heterocycles. The summed E-state index contributed by atoms with van der Waals surface area (Å²) in [5.74, 6) is 0.202. The Kier molecular flexibility index (Phi) is 3.15. The lowest BCUT2D eigenvalue weighted by atomic mass is 9.82. The van der Waals surface area contributed by atoms with E-state index in [-0.39, 0.29) is 5.92 Å². The summed E-state index contributed by atoms with van der Waals surface area (Å²) in [5.41, 5.74) is 2.90. The standard InChI is InChI=1S/C13H14N2O2/c1-8-5-10(6-13(16)9(8)2)11-3-4-14-7-12(11)15-17/h3-4,6-8,13,16H,2,5H2,1H3/p+1/t8-,13+/m0/s1. The predicted octanol–water partition coefficient (Wildman–Crippen LogP) is 2.24. The highest BCUT2D eigenvalue weighted by Crippen LogP contribution is 2.36. The fourth-order valence-corrected chi connectivity index (χ4v) is 2.09. The van der Waals surface area contributed by atoms with Crippen LogP contribution in [0, 0.1) is 10.8 Å². The normalized spacial score (nSPS) is 24.4. The fourth-order valence-electron chi connectivity index (χ4n) is 2.09. The van der Waals surface area contributed by atoms with E-state index in [4.69, 9.17) is 0 Å². The van der Waals surface area contributed by atoms with Gasteiger partial charge in [0, 0.05) is 11.6 Å². The van der Waals surface area contributed by atoms with Crippen LogP contribution in [0.4, 0.5) is 5.69 Å². The predicted molar refractivity (Wildman–Crippen MR) is 65.4 cm³/mol. The molecule has 2 N–H and O–H groups in total. The van der Waals surface area contributed by atoms with Crippen LogP contribution in [0.15, 0.2) is 41.9 Å². The molecule has 2 atom stereocenters. The third-order valence-corrected chi connectivity index (χ3v) is 3.18. The zero-order valence-electron chi connectivity index (χ0n) is 9.68. The van der Waals surface area contributed by atoms with E-state index in [0.29, 0.717) is 5.69 Å². The summed E-state index contributed by atoms with van der Waals surface area (Å²) in [6.07, 6.45) is 5.17. The summed E-state index contributed by atoms with van der Waals surface area (Å²) >= 11 is 0. The van der Waals surface area contributed by atoms with Gasteiger partial charge in [-0.05, 0) is 34.7 Å². The minimum absolute atomic E-state index is 0.202. The second kappa shape index (κ2) is 4.59. The molecule has 0 saturated heterocycles. The molecule has 1 aliphatic carbocycles. The Balaban J connectivity index is 2.44. The van der Waals surface area contributed by atoms with Crippen LogP contribution in [0.25, 0.3) is 5.57 Å². The SMILES string of the molecule is C=C1[C@H](O)C=C(c2cc[nH+]cc2N=O)C[C@@H]1C. The molecule has 0 spiro atoms. The number of nitroso groups, excluding NO2 is 1. The van der Waals surface area contributed by atoms with Crippen molar-refractivity contribution in [3.05, 3.63) is 47.2 Å². The molecule has 4 nitrogen and oxygen atoms in total. The number of allylic oxidation sites excluding steroid dienone is 1. The van der Waals surface area contributed by atoms with Gasteiger partial charge in [0.2, 0.25) is 0 Å². The maximum atomic E-state index is 10.7. The first-order valence-corrected chi connectivity index (χ1v) is 5.54. The molecule has 0 amide bonds. The van der Waals surface area contributed by atoms with Crippen LogP contribution in [0.3, 0.4) is 0 Å². The topological polar surface area (TPSA) is 63.8 Å². The monoisotopic (exact) mass is 231 g/mol. The van der Waals surface area contributed by atoms with Crippen molar-refractivity contribution in [2.45, 2.75) is 19.4 Å². The zero-order valence-corrected chi connectivity index (χ0v) is 9.68. The highest BCUT2D eigenvalue weighted by Gasteiger charge is 2.24. The third-order valence-electron chi connectivity index (χ3n) is 3.18. The van der Waals surface area contributed by atoms with Crippen LogP contribution < -0.4 is 4.98 Å². The Labute approximate surface area is 99.7 Å². The van der Waals surface area contributed by atoms with Crippen molar-refractivity contribution in [2.24, 2.45) is 11.1 Å². The van der Waals surface area contributed by atoms with Crippen LogP contribution in [0.5, 0.6) is 0 Å². The van der Waals surface area contributed by atoms with Gasteiger partial charge in [-0.15, -0.1) is 4.91 Å². The number of aromatic amines is 1. The highest BCUT2D eigenvalue weighted by molar-refractivity contribution is 5.75. The number of nitrogens with zero attached hydrogens (tertiary/aromatic N) is 1. The van der Waals surface area contributed by atoms with E-state index in [1.54, 1.807) is 24.5 Å². The van der Waals surface area contributed by atoms with E-state index in [2.05, 4.69) is 16.7 Å². The summed E-state index contributed by atoms with van der Waals surface area (Å²) in [4.78, 5) is 13.5. The van der Waals surface area contributed by atoms with Crippen molar-refractivity contribution >= 4 is 11.3 Å². The molecule has 0 unspecified atom stereocenters. The number of pyridine rings is 1. The lowest BCUT2D eigenvalue weighted by Gasteiger charge is -2.25. The van der Waals surface area contributed by atoms with Gasteiger partial charge in [-0.2, -0.15) is 0 Å². The molecule has 1 aromatic rings. The molecule has 17 heavy (non-hydrogen) atoms. The molecule has 0 fully saturated rings. The molecule has 1 aliphatic rings. The smallest absolute Gasteiger partial charge is 0.197 e. The molecular formula is C13H15N2O2+. The number of aliphatic hydroxyl groups is 1. The quantitative estimate of drug-likeness (QED) is 0.626. The Morgan fingerprint density at radius 1 is 1.59 bits per heavy atom. The number of hydrogen-bond acceptors (Lipinski definition) is 3. The summed E-state index contributed by atoms with van der Waals surface area (Å²) in [5, 5.41) is 12.8. The van der Waals surface area contributed by atoms with Crippen LogP contribution in [0.1, 0.15) is 18.9 Å². The number of H-pyrrole nitrogens is 1. The summed E-state index contributed by atoms with van der Waals surface area (Å²) in [6, 6.07) is 1.80. The fraction of sp³-hybridized carbons (Fsp3) is 0.308. The first-order chi connectivity index (χ1) is 8.13. The van der Waals surface area contributed by atoms with Crippen molar-refractivity contribution < 1.29 is 10.1 Å². The Bertz CT molecular complexity index is 494. The molecule has 0 aromatic carbocycles. The van der Waals surface area contributed by atoms with Crippen molar-refractivity contribution in [2.75, 3.05) is 0 Å². The average Bonchev–Trinajstić information content (AvgIpc) is 2.35. The molecule has 88 valence electrons. The molecule has 0 aliphatic heterocycles. The van der Waals surface area contributed by atoms with Gasteiger partial charge < -0.3 is 5.11 Å². The van der Waals surface area contributed by atoms with E-state index in [0.717, 1.165) is 23.1 Å². The molecule has 0 bridgehead atoms. The van der Waals surface area contributed by atoms with Crippen LogP contribution in [-0.4, -0.2) is 11.2 Å². The van der Waals surface area contributed by atoms with Gasteiger partial charge in [0.25, 0.3) is 0 Å². The largest absolute Gasteiger partial charge is 0.385 e. The number of aliphatic hydroxyl groups excluding tert-OH is 1. The number of hydrogen-bond donors (Lipinski definition) is 1. The maximum Gasteiger partial charge on any atom is 0.197 e. The number of rotatable bonds is 2. The van der Waals surface area contributed by atoms with Crippen molar-refractivity contribution in [1.82, 2.24) is 0 Å². The second-order valence-corrected chi connectivity index (χ2v) is 4.35. The lowest BCUT2D eigenvalue weighted by Crippen LogP contribution is -2.19. The van der Waals surface area contributed by atoms with E-state index >= 15 is 0 Å². The van der Waals surface area contributed by atoms with E-state index < -0.39 is 6.10 Å². The molecule has 1 heterocycles. The molecule has 2 rings (SSSR count). The first-order valence-electron chi connectivity index (χ1n) is 5.54. The van der Waals surface area contributed by atoms with Gasteiger partial charge in [-0.3, -0.25) is 0 Å². The summed E-state index contributed by atoms with van der Waals surface area (Å²) in [7, 11) is 0. The minimum atomic E-state index is -0.641. The molecule has 0 saturated carbocycles. The van der Waals surface area contributed by atoms with E-state index in [9.17, 15) is 10.0 Å². The first kappa shape index (κ1) is 11.7. The van der Waals surface area contributed by atoms with E-state index in [1.807, 2.05) is 6.92 Å². The maximum absolute atomic E-state index is 10.7. The Hall–Kier alpha value is -1.81.